The second kappa shape index (κ2) is 4.26. The highest BCUT2D eigenvalue weighted by molar-refractivity contribution is 6.32. The number of allylic oxidation sites excluding steroid dienone is 4. The molecule has 1 heterocycles. The summed E-state index contributed by atoms with van der Waals surface area (Å²) >= 11 is 12.4. The molecule has 0 spiro atoms. The van der Waals surface area contributed by atoms with Crippen LogP contribution in [-0.2, 0) is 4.74 Å². The Morgan fingerprint density at radius 3 is 3.07 bits per heavy atom. The van der Waals surface area contributed by atoms with Gasteiger partial charge in [-0.25, -0.2) is 0 Å². The van der Waals surface area contributed by atoms with Gasteiger partial charge in [0.05, 0.1) is 11.0 Å². The average Bonchev–Trinajstić information content (AvgIpc) is 2.55. The quantitative estimate of drug-likeness (QED) is 0.662. The van der Waals surface area contributed by atoms with Crippen LogP contribution in [0.15, 0.2) is 23.3 Å². The van der Waals surface area contributed by atoms with Gasteiger partial charge in [-0.05, 0) is 25.3 Å². The Hall–Kier alpha value is 0.0200. The zero-order valence-electron chi connectivity index (χ0n) is 8.01. The molecule has 1 fully saturated rings. The average molecular weight is 233 g/mol. The van der Waals surface area contributed by atoms with Gasteiger partial charge in [0.2, 0.25) is 0 Å². The standard InChI is InChI=1S/C11H14Cl2O/c12-9-3-1-5-11(13,7-9)8-10-4-2-6-14-10/h1,3,5,10H,2,4,6-8H2. The van der Waals surface area contributed by atoms with Gasteiger partial charge in [0.1, 0.15) is 0 Å². The molecule has 0 N–H and O–H groups in total. The number of hydrogen-bond acceptors (Lipinski definition) is 1. The minimum Gasteiger partial charge on any atom is -0.378 e. The maximum atomic E-state index is 6.46. The number of ether oxygens (including phenoxy) is 1. The van der Waals surface area contributed by atoms with Gasteiger partial charge in [-0.1, -0.05) is 23.8 Å². The fraction of sp³-hybridized carbons (Fsp3) is 0.636. The lowest BCUT2D eigenvalue weighted by atomic mass is 9.92. The van der Waals surface area contributed by atoms with Crippen LogP contribution in [0.2, 0.25) is 0 Å². The first-order valence-electron chi connectivity index (χ1n) is 5.02. The molecular weight excluding hydrogens is 219 g/mol. The SMILES string of the molecule is ClC1=CC=CC(Cl)(CC2CCCO2)C1. The van der Waals surface area contributed by atoms with Gasteiger partial charge in [-0.3, -0.25) is 0 Å². The molecule has 14 heavy (non-hydrogen) atoms. The highest BCUT2D eigenvalue weighted by Gasteiger charge is 2.32. The lowest BCUT2D eigenvalue weighted by molar-refractivity contribution is 0.0980. The molecule has 0 aromatic heterocycles. The number of halogens is 2. The molecular formula is C11H14Cl2O. The molecule has 78 valence electrons. The summed E-state index contributed by atoms with van der Waals surface area (Å²) in [5.74, 6) is 0. The Morgan fingerprint density at radius 1 is 1.57 bits per heavy atom. The van der Waals surface area contributed by atoms with E-state index >= 15 is 0 Å². The molecule has 2 atom stereocenters. The van der Waals surface area contributed by atoms with Crippen LogP contribution in [0.5, 0.6) is 0 Å². The number of alkyl halides is 1. The second-order valence-corrected chi connectivity index (χ2v) is 5.26. The van der Waals surface area contributed by atoms with Crippen molar-refractivity contribution in [3.8, 4) is 0 Å². The van der Waals surface area contributed by atoms with Crippen LogP contribution < -0.4 is 0 Å². The van der Waals surface area contributed by atoms with Crippen LogP contribution in [0.3, 0.4) is 0 Å². The summed E-state index contributed by atoms with van der Waals surface area (Å²) in [5, 5.41) is 0.834. The van der Waals surface area contributed by atoms with Crippen molar-refractivity contribution in [2.75, 3.05) is 6.61 Å². The van der Waals surface area contributed by atoms with Crippen molar-refractivity contribution in [1.82, 2.24) is 0 Å². The fourth-order valence-electron chi connectivity index (χ4n) is 2.05. The van der Waals surface area contributed by atoms with Gasteiger partial charge in [0.25, 0.3) is 0 Å². The van der Waals surface area contributed by atoms with Gasteiger partial charge in [0.15, 0.2) is 0 Å². The lowest BCUT2D eigenvalue weighted by Gasteiger charge is -2.27. The summed E-state index contributed by atoms with van der Waals surface area (Å²) in [6.07, 6.45) is 10.1. The third-order valence-electron chi connectivity index (χ3n) is 2.73. The van der Waals surface area contributed by atoms with Crippen LogP contribution >= 0.6 is 23.2 Å². The Labute approximate surface area is 94.7 Å². The van der Waals surface area contributed by atoms with Crippen LogP contribution in [0.1, 0.15) is 25.7 Å². The Morgan fingerprint density at radius 2 is 2.43 bits per heavy atom. The summed E-state index contributed by atoms with van der Waals surface area (Å²) in [7, 11) is 0. The zero-order chi connectivity index (χ0) is 10.0. The normalized spacial score (nSPS) is 37.3. The predicted octanol–water partition coefficient (Wildman–Crippen LogP) is 3.62. The highest BCUT2D eigenvalue weighted by atomic mass is 35.5. The van der Waals surface area contributed by atoms with Crippen molar-refractivity contribution in [3.63, 3.8) is 0 Å². The maximum Gasteiger partial charge on any atom is 0.0702 e. The predicted molar refractivity (Wildman–Crippen MR) is 59.9 cm³/mol. The number of rotatable bonds is 2. The summed E-state index contributed by atoms with van der Waals surface area (Å²) in [6.45, 7) is 0.880. The first-order valence-corrected chi connectivity index (χ1v) is 5.78. The summed E-state index contributed by atoms with van der Waals surface area (Å²) in [4.78, 5) is -0.319. The number of hydrogen-bond donors (Lipinski definition) is 0. The molecule has 1 aliphatic carbocycles. The van der Waals surface area contributed by atoms with E-state index in [0.717, 1.165) is 37.3 Å². The summed E-state index contributed by atoms with van der Waals surface area (Å²) < 4.78 is 5.58. The molecule has 2 aliphatic rings. The summed E-state index contributed by atoms with van der Waals surface area (Å²) in [5.41, 5.74) is 0. The van der Waals surface area contributed by atoms with E-state index in [0.29, 0.717) is 6.10 Å². The maximum absolute atomic E-state index is 6.46. The zero-order valence-corrected chi connectivity index (χ0v) is 9.52. The molecule has 3 heteroatoms. The van der Waals surface area contributed by atoms with Crippen molar-refractivity contribution >= 4 is 23.2 Å². The third-order valence-corrected chi connectivity index (χ3v) is 3.40. The van der Waals surface area contributed by atoms with Gasteiger partial charge in [-0.2, -0.15) is 0 Å². The van der Waals surface area contributed by atoms with E-state index in [4.69, 9.17) is 27.9 Å². The van der Waals surface area contributed by atoms with E-state index < -0.39 is 0 Å². The van der Waals surface area contributed by atoms with Gasteiger partial charge in [0, 0.05) is 18.1 Å². The van der Waals surface area contributed by atoms with E-state index in [2.05, 4.69) is 0 Å². The molecule has 0 aromatic rings. The lowest BCUT2D eigenvalue weighted by Crippen LogP contribution is -2.26. The van der Waals surface area contributed by atoms with Gasteiger partial charge in [-0.15, -0.1) is 11.6 Å². The Bertz CT molecular complexity index is 266. The first-order chi connectivity index (χ1) is 6.68. The topological polar surface area (TPSA) is 9.23 Å². The molecule has 1 saturated heterocycles. The van der Waals surface area contributed by atoms with Crippen LogP contribution in [0.25, 0.3) is 0 Å². The van der Waals surface area contributed by atoms with E-state index in [1.54, 1.807) is 0 Å². The molecule has 0 bridgehead atoms. The smallest absolute Gasteiger partial charge is 0.0702 e. The van der Waals surface area contributed by atoms with E-state index in [9.17, 15) is 0 Å². The third kappa shape index (κ3) is 2.53. The molecule has 2 rings (SSSR count). The van der Waals surface area contributed by atoms with E-state index in [1.165, 1.54) is 0 Å². The molecule has 1 nitrogen and oxygen atoms in total. The Balaban J connectivity index is 1.96. The van der Waals surface area contributed by atoms with Crippen molar-refractivity contribution in [1.29, 1.82) is 0 Å². The minimum absolute atomic E-state index is 0.319. The van der Waals surface area contributed by atoms with Crippen molar-refractivity contribution in [2.24, 2.45) is 0 Å². The molecule has 2 unspecified atom stereocenters. The summed E-state index contributed by atoms with van der Waals surface area (Å²) in [6, 6.07) is 0. The molecule has 1 aliphatic heterocycles. The van der Waals surface area contributed by atoms with E-state index in [1.807, 2.05) is 18.2 Å². The fourth-order valence-corrected chi connectivity index (χ4v) is 2.82. The monoisotopic (exact) mass is 232 g/mol. The van der Waals surface area contributed by atoms with Crippen molar-refractivity contribution in [2.45, 2.75) is 36.7 Å². The molecule has 0 saturated carbocycles. The van der Waals surface area contributed by atoms with Crippen LogP contribution in [0, 0.1) is 0 Å². The Kier molecular flexibility index (Phi) is 3.20. The second-order valence-electron chi connectivity index (χ2n) is 4.02. The largest absolute Gasteiger partial charge is 0.378 e. The van der Waals surface area contributed by atoms with Gasteiger partial charge < -0.3 is 4.74 Å². The van der Waals surface area contributed by atoms with E-state index in [-0.39, 0.29) is 4.87 Å². The van der Waals surface area contributed by atoms with Crippen LogP contribution in [0.4, 0.5) is 0 Å². The molecule has 0 amide bonds. The molecule has 0 radical (unpaired) electrons. The first kappa shape index (κ1) is 10.5. The van der Waals surface area contributed by atoms with Gasteiger partial charge >= 0.3 is 0 Å². The van der Waals surface area contributed by atoms with Crippen molar-refractivity contribution < 1.29 is 4.74 Å². The minimum atomic E-state index is -0.319. The highest BCUT2D eigenvalue weighted by Crippen LogP contribution is 2.37. The van der Waals surface area contributed by atoms with Crippen molar-refractivity contribution in [3.05, 3.63) is 23.3 Å². The van der Waals surface area contributed by atoms with Crippen LogP contribution in [-0.4, -0.2) is 17.6 Å². The molecule has 0 aromatic carbocycles.